The third kappa shape index (κ3) is 2.90. The first-order valence-electron chi connectivity index (χ1n) is 8.62. The zero-order valence-corrected chi connectivity index (χ0v) is 17.3. The Bertz CT molecular complexity index is 1170. The van der Waals surface area contributed by atoms with Gasteiger partial charge in [-0.05, 0) is 31.4 Å². The summed E-state index contributed by atoms with van der Waals surface area (Å²) in [5, 5.41) is 5.08. The lowest BCUT2D eigenvalue weighted by molar-refractivity contribution is 0.175. The minimum absolute atomic E-state index is 0.215. The molecule has 146 valence electrons. The van der Waals surface area contributed by atoms with Crippen molar-refractivity contribution in [3.63, 3.8) is 0 Å². The lowest BCUT2D eigenvalue weighted by atomic mass is 10.0. The number of benzene rings is 1. The van der Waals surface area contributed by atoms with Gasteiger partial charge in [-0.3, -0.25) is 0 Å². The molecule has 1 aliphatic rings. The van der Waals surface area contributed by atoms with Crippen molar-refractivity contribution in [3.8, 4) is 0 Å². The second-order valence-corrected chi connectivity index (χ2v) is 9.31. The van der Waals surface area contributed by atoms with Crippen LogP contribution < -0.4 is 5.32 Å². The molecule has 0 spiro atoms. The Kier molecular flexibility index (Phi) is 4.68. The highest BCUT2D eigenvalue weighted by Gasteiger charge is 2.36. The number of hydrogen-bond acceptors (Lipinski definition) is 7. The number of ether oxygens (including phenoxy) is 1. The number of pyridine rings is 1. The fourth-order valence-electron chi connectivity index (χ4n) is 3.39. The van der Waals surface area contributed by atoms with E-state index in [0.717, 1.165) is 10.7 Å². The SMILES string of the molecule is COC[C@]1(C)Nc2c(cnc3c2ccn3S(=O)(=O)c2ccccc2)N=C1SC. The van der Waals surface area contributed by atoms with Crippen LogP contribution in [0.5, 0.6) is 0 Å². The Hall–Kier alpha value is -2.36. The van der Waals surface area contributed by atoms with Gasteiger partial charge in [0.1, 0.15) is 16.3 Å². The number of anilines is 1. The zero-order valence-electron chi connectivity index (χ0n) is 15.7. The van der Waals surface area contributed by atoms with Crippen molar-refractivity contribution in [2.75, 3.05) is 25.3 Å². The van der Waals surface area contributed by atoms with Gasteiger partial charge in [0.15, 0.2) is 5.65 Å². The van der Waals surface area contributed by atoms with Crippen molar-refractivity contribution >= 4 is 49.2 Å². The molecule has 0 radical (unpaired) electrons. The quantitative estimate of drug-likeness (QED) is 0.701. The van der Waals surface area contributed by atoms with Crippen molar-refractivity contribution in [3.05, 3.63) is 48.8 Å². The summed E-state index contributed by atoms with van der Waals surface area (Å²) >= 11 is 1.55. The van der Waals surface area contributed by atoms with Crippen LogP contribution in [0.2, 0.25) is 0 Å². The van der Waals surface area contributed by atoms with Gasteiger partial charge < -0.3 is 10.1 Å². The number of hydrogen-bond donors (Lipinski definition) is 1. The molecule has 3 aromatic rings. The largest absolute Gasteiger partial charge is 0.382 e. The highest BCUT2D eigenvalue weighted by Crippen LogP contribution is 2.41. The van der Waals surface area contributed by atoms with Crippen LogP contribution in [0.25, 0.3) is 11.0 Å². The Morgan fingerprint density at radius 1 is 1.25 bits per heavy atom. The molecule has 0 fully saturated rings. The molecule has 1 N–H and O–H groups in total. The lowest BCUT2D eigenvalue weighted by Gasteiger charge is -2.35. The molecule has 0 saturated carbocycles. The molecule has 0 amide bonds. The van der Waals surface area contributed by atoms with Gasteiger partial charge in [-0.15, -0.1) is 11.8 Å². The number of nitrogens with one attached hydrogen (secondary N) is 1. The van der Waals surface area contributed by atoms with E-state index in [9.17, 15) is 8.42 Å². The molecule has 1 aromatic carbocycles. The molecule has 0 unspecified atom stereocenters. The third-order valence-electron chi connectivity index (χ3n) is 4.68. The van der Waals surface area contributed by atoms with E-state index in [1.807, 2.05) is 13.2 Å². The summed E-state index contributed by atoms with van der Waals surface area (Å²) in [6.45, 7) is 2.44. The van der Waals surface area contributed by atoms with Crippen LogP contribution in [0.3, 0.4) is 0 Å². The van der Waals surface area contributed by atoms with Crippen LogP contribution >= 0.6 is 11.8 Å². The monoisotopic (exact) mass is 416 g/mol. The van der Waals surface area contributed by atoms with Crippen LogP contribution in [0, 0.1) is 0 Å². The minimum atomic E-state index is -3.74. The molecule has 4 rings (SSSR count). The van der Waals surface area contributed by atoms with Gasteiger partial charge in [0, 0.05) is 18.7 Å². The van der Waals surface area contributed by atoms with Gasteiger partial charge in [0.25, 0.3) is 10.0 Å². The first-order valence-corrected chi connectivity index (χ1v) is 11.3. The second kappa shape index (κ2) is 6.91. The van der Waals surface area contributed by atoms with E-state index in [-0.39, 0.29) is 4.90 Å². The van der Waals surface area contributed by atoms with Crippen molar-refractivity contribution in [2.45, 2.75) is 17.4 Å². The molecule has 3 heterocycles. The van der Waals surface area contributed by atoms with Crippen LogP contribution in [0.1, 0.15) is 6.92 Å². The molecule has 0 saturated heterocycles. The van der Waals surface area contributed by atoms with Gasteiger partial charge in [0.05, 0.1) is 23.4 Å². The highest BCUT2D eigenvalue weighted by atomic mass is 32.2. The molecular formula is C19H20N4O3S2. The summed E-state index contributed by atoms with van der Waals surface area (Å²) in [4.78, 5) is 9.35. The molecule has 0 aliphatic carbocycles. The van der Waals surface area contributed by atoms with E-state index < -0.39 is 15.6 Å². The predicted octanol–water partition coefficient (Wildman–Crippen LogP) is 3.50. The summed E-state index contributed by atoms with van der Waals surface area (Å²) in [7, 11) is -2.10. The number of aromatic nitrogens is 2. The zero-order chi connectivity index (χ0) is 19.9. The van der Waals surface area contributed by atoms with Gasteiger partial charge in [-0.25, -0.2) is 22.4 Å². The number of rotatable bonds is 4. The minimum Gasteiger partial charge on any atom is -0.382 e. The molecule has 9 heteroatoms. The number of nitrogens with zero attached hydrogens (tertiary/aromatic N) is 3. The van der Waals surface area contributed by atoms with Gasteiger partial charge in [-0.1, -0.05) is 18.2 Å². The summed E-state index contributed by atoms with van der Waals surface area (Å²) in [5.74, 6) is 0. The van der Waals surface area contributed by atoms with Crippen LogP contribution in [-0.2, 0) is 14.8 Å². The molecule has 1 atom stereocenters. The number of fused-ring (bicyclic) bond motifs is 3. The summed E-state index contributed by atoms with van der Waals surface area (Å²) in [6.07, 6.45) is 5.10. The first kappa shape index (κ1) is 19.0. The molecular weight excluding hydrogens is 396 g/mol. The number of methoxy groups -OCH3 is 1. The average Bonchev–Trinajstić information content (AvgIpc) is 3.13. The van der Waals surface area contributed by atoms with Crippen LogP contribution in [0.15, 0.2) is 58.7 Å². The molecule has 2 aromatic heterocycles. The number of thioether (sulfide) groups is 1. The average molecular weight is 417 g/mol. The third-order valence-corrected chi connectivity index (χ3v) is 7.29. The second-order valence-electron chi connectivity index (χ2n) is 6.70. The Morgan fingerprint density at radius 3 is 2.68 bits per heavy atom. The molecule has 28 heavy (non-hydrogen) atoms. The summed E-state index contributed by atoms with van der Waals surface area (Å²) in [6, 6.07) is 10.1. The topological polar surface area (TPSA) is 85.6 Å². The molecule has 0 bridgehead atoms. The first-order chi connectivity index (χ1) is 13.4. The summed E-state index contributed by atoms with van der Waals surface area (Å²) in [5.41, 5.74) is 1.29. The van der Waals surface area contributed by atoms with E-state index in [1.165, 1.54) is 10.2 Å². The Labute approximate surface area is 167 Å². The highest BCUT2D eigenvalue weighted by molar-refractivity contribution is 8.13. The van der Waals surface area contributed by atoms with Crippen LogP contribution in [-0.4, -0.2) is 47.9 Å². The predicted molar refractivity (Wildman–Crippen MR) is 113 cm³/mol. The van der Waals surface area contributed by atoms with Crippen molar-refractivity contribution in [1.29, 1.82) is 0 Å². The maximum Gasteiger partial charge on any atom is 0.269 e. The van der Waals surface area contributed by atoms with Gasteiger partial charge in [-0.2, -0.15) is 0 Å². The maximum absolute atomic E-state index is 13.1. The summed E-state index contributed by atoms with van der Waals surface area (Å²) < 4.78 is 32.7. The van der Waals surface area contributed by atoms with Crippen LogP contribution in [0.4, 0.5) is 11.4 Å². The van der Waals surface area contributed by atoms with E-state index in [0.29, 0.717) is 23.3 Å². The molecule has 7 nitrogen and oxygen atoms in total. The van der Waals surface area contributed by atoms with E-state index in [2.05, 4.69) is 10.3 Å². The smallest absolute Gasteiger partial charge is 0.269 e. The normalized spacial score (nSPS) is 19.2. The lowest BCUT2D eigenvalue weighted by Crippen LogP contribution is -2.47. The number of aliphatic imine (C=N–C) groups is 1. The van der Waals surface area contributed by atoms with Gasteiger partial charge in [0.2, 0.25) is 0 Å². The Morgan fingerprint density at radius 2 is 2.00 bits per heavy atom. The standard InChI is InChI=1S/C19H20N4O3S2/c1-19(12-26-2)18(27-3)21-15-11-20-17-14(16(15)22-19)9-10-23(17)28(24,25)13-7-5-4-6-8-13/h4-11,22H,12H2,1-3H3/t19-/m0/s1. The van der Waals surface area contributed by atoms with E-state index >= 15 is 0 Å². The van der Waals surface area contributed by atoms with E-state index in [4.69, 9.17) is 9.73 Å². The van der Waals surface area contributed by atoms with Crippen molar-refractivity contribution in [2.24, 2.45) is 4.99 Å². The fourth-order valence-corrected chi connectivity index (χ4v) is 5.46. The van der Waals surface area contributed by atoms with Gasteiger partial charge >= 0.3 is 0 Å². The fraction of sp³-hybridized carbons (Fsp3) is 0.263. The Balaban J connectivity index is 1.89. The maximum atomic E-state index is 13.1. The van der Waals surface area contributed by atoms with Crippen molar-refractivity contribution < 1.29 is 13.2 Å². The molecule has 1 aliphatic heterocycles. The van der Waals surface area contributed by atoms with E-state index in [1.54, 1.807) is 61.5 Å². The van der Waals surface area contributed by atoms with Crippen molar-refractivity contribution in [1.82, 2.24) is 8.96 Å².